The summed E-state index contributed by atoms with van der Waals surface area (Å²) in [5, 5.41) is 5.26. The summed E-state index contributed by atoms with van der Waals surface area (Å²) in [6.45, 7) is 4.37. The standard InChI is InChI=1S/C22H23Cl2N5O/c1-13-19(14-3-2-4-15(23)20(14)24)17(30)11-18(27-13)28-9-6-22(7-10-28)12-29-16(21(22)25)5-8-26-29/h2-5,8,11,19,21H,6-7,9-10,12,25H2,1H3/t19-,21?/m1/s1. The highest BCUT2D eigenvalue weighted by Gasteiger charge is 2.47. The van der Waals surface area contributed by atoms with Crippen LogP contribution in [-0.2, 0) is 11.3 Å². The number of allylic oxidation sites excluding steroid dienone is 1. The Labute approximate surface area is 185 Å². The molecule has 1 aromatic heterocycles. The summed E-state index contributed by atoms with van der Waals surface area (Å²) in [6, 6.07) is 7.39. The summed E-state index contributed by atoms with van der Waals surface area (Å²) >= 11 is 12.5. The minimum absolute atomic E-state index is 0.00343. The first kappa shape index (κ1) is 19.8. The van der Waals surface area contributed by atoms with Gasteiger partial charge in [0.15, 0.2) is 5.78 Å². The van der Waals surface area contributed by atoms with Crippen LogP contribution in [0.4, 0.5) is 0 Å². The predicted molar refractivity (Wildman–Crippen MR) is 118 cm³/mol. The van der Waals surface area contributed by atoms with Gasteiger partial charge in [0.2, 0.25) is 0 Å². The van der Waals surface area contributed by atoms with E-state index in [0.717, 1.165) is 49.7 Å². The molecule has 1 unspecified atom stereocenters. The van der Waals surface area contributed by atoms with Gasteiger partial charge in [0, 0.05) is 43.0 Å². The summed E-state index contributed by atoms with van der Waals surface area (Å²) in [5.74, 6) is 0.224. The van der Waals surface area contributed by atoms with E-state index >= 15 is 0 Å². The molecule has 3 aliphatic heterocycles. The fourth-order valence-electron chi connectivity index (χ4n) is 5.08. The van der Waals surface area contributed by atoms with Crippen molar-refractivity contribution in [2.75, 3.05) is 13.1 Å². The molecule has 3 aliphatic rings. The molecule has 156 valence electrons. The third kappa shape index (κ3) is 3.01. The maximum atomic E-state index is 13.0. The number of carbonyl (C=O) groups excluding carboxylic acids is 1. The van der Waals surface area contributed by atoms with Crippen molar-refractivity contribution < 1.29 is 4.79 Å². The number of carbonyl (C=O) groups is 1. The second kappa shape index (κ2) is 7.22. The second-order valence-electron chi connectivity index (χ2n) is 8.47. The number of nitrogens with zero attached hydrogens (tertiary/aromatic N) is 4. The smallest absolute Gasteiger partial charge is 0.172 e. The number of benzene rings is 1. The van der Waals surface area contributed by atoms with E-state index in [-0.39, 0.29) is 17.2 Å². The molecule has 2 atom stereocenters. The van der Waals surface area contributed by atoms with Gasteiger partial charge in [0.25, 0.3) is 0 Å². The van der Waals surface area contributed by atoms with Gasteiger partial charge in [-0.15, -0.1) is 0 Å². The van der Waals surface area contributed by atoms with E-state index < -0.39 is 5.92 Å². The maximum Gasteiger partial charge on any atom is 0.172 e. The molecule has 1 fully saturated rings. The van der Waals surface area contributed by atoms with Crippen LogP contribution in [0, 0.1) is 5.41 Å². The zero-order chi connectivity index (χ0) is 21.0. The Morgan fingerprint density at radius 2 is 1.97 bits per heavy atom. The molecule has 0 aliphatic carbocycles. The van der Waals surface area contributed by atoms with Crippen molar-refractivity contribution in [2.24, 2.45) is 16.1 Å². The van der Waals surface area contributed by atoms with Gasteiger partial charge in [-0.05, 0) is 37.5 Å². The summed E-state index contributed by atoms with van der Waals surface area (Å²) in [5.41, 5.74) is 9.17. The molecule has 0 amide bonds. The molecule has 30 heavy (non-hydrogen) atoms. The third-order valence-electron chi connectivity index (χ3n) is 6.83. The van der Waals surface area contributed by atoms with Crippen LogP contribution < -0.4 is 5.73 Å². The van der Waals surface area contributed by atoms with Crippen LogP contribution >= 0.6 is 23.2 Å². The minimum Gasteiger partial charge on any atom is -0.356 e. The maximum absolute atomic E-state index is 13.0. The van der Waals surface area contributed by atoms with Gasteiger partial charge in [0.1, 0.15) is 5.82 Å². The molecule has 1 saturated heterocycles. The molecular weight excluding hydrogens is 421 g/mol. The molecule has 2 aromatic rings. The minimum atomic E-state index is -0.490. The average Bonchev–Trinajstić information content (AvgIpc) is 3.27. The van der Waals surface area contributed by atoms with Gasteiger partial charge in [-0.2, -0.15) is 5.10 Å². The first-order valence-corrected chi connectivity index (χ1v) is 10.9. The van der Waals surface area contributed by atoms with Crippen LogP contribution in [0.3, 0.4) is 0 Å². The Kier molecular flexibility index (Phi) is 4.76. The highest BCUT2D eigenvalue weighted by molar-refractivity contribution is 6.43. The van der Waals surface area contributed by atoms with Crippen LogP contribution in [0.1, 0.15) is 43.0 Å². The first-order chi connectivity index (χ1) is 14.4. The lowest BCUT2D eigenvalue weighted by Gasteiger charge is -2.42. The average molecular weight is 444 g/mol. The number of hydrogen-bond donors (Lipinski definition) is 1. The molecular formula is C22H23Cl2N5O. The van der Waals surface area contributed by atoms with Gasteiger partial charge in [-0.3, -0.25) is 9.48 Å². The highest BCUT2D eigenvalue weighted by atomic mass is 35.5. The number of likely N-dealkylation sites (tertiary alicyclic amines) is 1. The third-order valence-corrected chi connectivity index (χ3v) is 7.67. The fourth-order valence-corrected chi connectivity index (χ4v) is 5.49. The molecule has 5 rings (SSSR count). The van der Waals surface area contributed by atoms with Crippen molar-refractivity contribution >= 4 is 34.7 Å². The van der Waals surface area contributed by atoms with Crippen LogP contribution in [-0.4, -0.2) is 39.3 Å². The van der Waals surface area contributed by atoms with Crippen LogP contribution in [0.5, 0.6) is 0 Å². The lowest BCUT2D eigenvalue weighted by Crippen LogP contribution is -2.44. The van der Waals surface area contributed by atoms with E-state index in [4.69, 9.17) is 33.9 Å². The Bertz CT molecular complexity index is 1080. The van der Waals surface area contributed by atoms with Crippen molar-refractivity contribution in [3.63, 3.8) is 0 Å². The van der Waals surface area contributed by atoms with E-state index in [1.54, 1.807) is 12.1 Å². The molecule has 4 heterocycles. The van der Waals surface area contributed by atoms with Crippen molar-refractivity contribution in [3.05, 3.63) is 63.7 Å². The zero-order valence-electron chi connectivity index (χ0n) is 16.7. The van der Waals surface area contributed by atoms with Crippen molar-refractivity contribution in [1.29, 1.82) is 0 Å². The summed E-state index contributed by atoms with van der Waals surface area (Å²) < 4.78 is 2.03. The van der Waals surface area contributed by atoms with Gasteiger partial charge >= 0.3 is 0 Å². The van der Waals surface area contributed by atoms with E-state index in [1.165, 1.54) is 0 Å². The number of halogens is 2. The lowest BCUT2D eigenvalue weighted by molar-refractivity contribution is -0.114. The van der Waals surface area contributed by atoms with Gasteiger partial charge < -0.3 is 10.6 Å². The van der Waals surface area contributed by atoms with E-state index in [1.807, 2.05) is 36.0 Å². The second-order valence-corrected chi connectivity index (χ2v) is 9.26. The van der Waals surface area contributed by atoms with E-state index in [9.17, 15) is 4.79 Å². The number of ketones is 1. The molecule has 2 N–H and O–H groups in total. The number of piperidine rings is 1. The molecule has 6 nitrogen and oxygen atoms in total. The van der Waals surface area contributed by atoms with Crippen LogP contribution in [0.2, 0.25) is 10.0 Å². The van der Waals surface area contributed by atoms with Gasteiger partial charge in [0.05, 0.1) is 27.7 Å². The molecule has 8 heteroatoms. The molecule has 0 bridgehead atoms. The summed E-state index contributed by atoms with van der Waals surface area (Å²) in [7, 11) is 0. The molecule has 1 spiro atoms. The quantitative estimate of drug-likeness (QED) is 0.761. The molecule has 1 aromatic carbocycles. The topological polar surface area (TPSA) is 76.5 Å². The van der Waals surface area contributed by atoms with Crippen LogP contribution in [0.25, 0.3) is 0 Å². The normalized spacial score (nSPS) is 25.3. The van der Waals surface area contributed by atoms with E-state index in [0.29, 0.717) is 15.6 Å². The van der Waals surface area contributed by atoms with Crippen molar-refractivity contribution in [2.45, 2.75) is 38.3 Å². The number of rotatable bonds is 2. The van der Waals surface area contributed by atoms with Crippen molar-refractivity contribution in [1.82, 2.24) is 14.7 Å². The van der Waals surface area contributed by atoms with Gasteiger partial charge in [-0.1, -0.05) is 35.3 Å². The SMILES string of the molecule is CC1=NC(N2CCC3(CC2)Cn2nccc2C3N)=CC(=O)[C@H]1c1cccc(Cl)c1Cl. The predicted octanol–water partition coefficient (Wildman–Crippen LogP) is 3.95. The summed E-state index contributed by atoms with van der Waals surface area (Å²) in [6.07, 6.45) is 5.35. The number of hydrogen-bond acceptors (Lipinski definition) is 5. The Hall–Kier alpha value is -2.15. The zero-order valence-corrected chi connectivity index (χ0v) is 18.2. The first-order valence-electron chi connectivity index (χ1n) is 10.2. The summed E-state index contributed by atoms with van der Waals surface area (Å²) in [4.78, 5) is 20.0. The Morgan fingerprint density at radius 1 is 1.20 bits per heavy atom. The Morgan fingerprint density at radius 3 is 2.67 bits per heavy atom. The molecule has 0 radical (unpaired) electrons. The monoisotopic (exact) mass is 443 g/mol. The van der Waals surface area contributed by atoms with Crippen LogP contribution in [0.15, 0.2) is 47.4 Å². The number of fused-ring (bicyclic) bond motifs is 1. The number of aromatic nitrogens is 2. The highest BCUT2D eigenvalue weighted by Crippen LogP contribution is 2.48. The number of aliphatic imine (C=N–C) groups is 1. The lowest BCUT2D eigenvalue weighted by atomic mass is 9.73. The Balaban J connectivity index is 1.33. The largest absolute Gasteiger partial charge is 0.356 e. The van der Waals surface area contributed by atoms with E-state index in [2.05, 4.69) is 10.00 Å². The van der Waals surface area contributed by atoms with Crippen molar-refractivity contribution in [3.8, 4) is 0 Å². The number of nitrogens with two attached hydrogens (primary N) is 1. The van der Waals surface area contributed by atoms with Gasteiger partial charge in [-0.25, -0.2) is 4.99 Å². The molecule has 0 saturated carbocycles. The fraction of sp³-hybridized carbons (Fsp3) is 0.409.